The van der Waals surface area contributed by atoms with E-state index in [0.29, 0.717) is 28.7 Å². The number of rotatable bonds is 4. The Hall–Kier alpha value is -2.69. The Labute approximate surface area is 121 Å². The number of carbonyl (C=O) groups is 3. The molecule has 0 spiro atoms. The van der Waals surface area contributed by atoms with Gasteiger partial charge in [0.25, 0.3) is 5.91 Å². The molecule has 0 unspecified atom stereocenters. The second kappa shape index (κ2) is 5.75. The minimum absolute atomic E-state index is 0.305. The fourth-order valence-corrected chi connectivity index (χ4v) is 2.13. The Morgan fingerprint density at radius 1 is 1.24 bits per heavy atom. The Balaban J connectivity index is 2.58. The van der Waals surface area contributed by atoms with Gasteiger partial charge in [0.15, 0.2) is 6.29 Å². The lowest BCUT2D eigenvalue weighted by molar-refractivity contribution is -0.131. The van der Waals surface area contributed by atoms with Crippen LogP contribution in [0.15, 0.2) is 36.5 Å². The first-order valence-corrected chi connectivity index (χ1v) is 6.49. The van der Waals surface area contributed by atoms with Crippen molar-refractivity contribution in [3.63, 3.8) is 0 Å². The molecular formula is C16H15NO4. The van der Waals surface area contributed by atoms with Gasteiger partial charge < -0.3 is 5.11 Å². The number of hydrogen-bond donors (Lipinski definition) is 1. The number of nitrogens with zero attached hydrogens (tertiary/aromatic N) is 1. The topological polar surface area (TPSA) is 76.4 Å². The molecule has 0 aliphatic heterocycles. The van der Waals surface area contributed by atoms with E-state index < -0.39 is 11.9 Å². The summed E-state index contributed by atoms with van der Waals surface area (Å²) in [6.45, 7) is 4.08. The Morgan fingerprint density at radius 3 is 2.52 bits per heavy atom. The third-order valence-corrected chi connectivity index (χ3v) is 3.26. The summed E-state index contributed by atoms with van der Waals surface area (Å²) in [4.78, 5) is 33.7. The highest BCUT2D eigenvalue weighted by atomic mass is 16.4. The van der Waals surface area contributed by atoms with Gasteiger partial charge in [-0.1, -0.05) is 19.9 Å². The zero-order chi connectivity index (χ0) is 15.6. The van der Waals surface area contributed by atoms with Gasteiger partial charge in [0.2, 0.25) is 0 Å². The average molecular weight is 285 g/mol. The predicted molar refractivity (Wildman–Crippen MR) is 78.8 cm³/mol. The maximum atomic E-state index is 12.0. The molecule has 108 valence electrons. The van der Waals surface area contributed by atoms with Gasteiger partial charge in [-0.3, -0.25) is 14.2 Å². The molecule has 1 heterocycles. The fraction of sp³-hybridized carbons (Fsp3) is 0.188. The molecule has 0 aliphatic rings. The number of benzene rings is 1. The molecule has 0 amide bonds. The van der Waals surface area contributed by atoms with Gasteiger partial charge >= 0.3 is 5.97 Å². The van der Waals surface area contributed by atoms with Crippen LogP contribution in [0.5, 0.6) is 0 Å². The van der Waals surface area contributed by atoms with E-state index in [1.807, 2.05) is 26.0 Å². The van der Waals surface area contributed by atoms with Crippen molar-refractivity contribution < 1.29 is 19.5 Å². The quantitative estimate of drug-likeness (QED) is 0.692. The van der Waals surface area contributed by atoms with Crippen molar-refractivity contribution in [3.8, 4) is 0 Å². The number of allylic oxidation sites excluding steroid dienone is 1. The normalized spacial score (nSPS) is 11.4. The summed E-state index contributed by atoms with van der Waals surface area (Å²) >= 11 is 0. The minimum Gasteiger partial charge on any atom is -0.478 e. The van der Waals surface area contributed by atoms with Crippen LogP contribution >= 0.6 is 0 Å². The molecule has 1 aromatic heterocycles. The van der Waals surface area contributed by atoms with Crippen molar-refractivity contribution in [1.29, 1.82) is 0 Å². The maximum absolute atomic E-state index is 12.0. The highest BCUT2D eigenvalue weighted by Crippen LogP contribution is 2.25. The van der Waals surface area contributed by atoms with Crippen LogP contribution in [0.2, 0.25) is 0 Å². The molecule has 0 saturated heterocycles. The van der Waals surface area contributed by atoms with Crippen LogP contribution in [-0.4, -0.2) is 27.8 Å². The molecule has 2 aromatic rings. The third kappa shape index (κ3) is 2.91. The summed E-state index contributed by atoms with van der Waals surface area (Å²) in [5.41, 5.74) is 2.06. The van der Waals surface area contributed by atoms with E-state index >= 15 is 0 Å². The van der Waals surface area contributed by atoms with E-state index in [2.05, 4.69) is 0 Å². The molecule has 0 aliphatic carbocycles. The lowest BCUT2D eigenvalue weighted by Gasteiger charge is -2.06. The number of carboxylic acid groups (broad SMARTS) is 1. The molecule has 0 saturated carbocycles. The van der Waals surface area contributed by atoms with E-state index in [4.69, 9.17) is 5.11 Å². The van der Waals surface area contributed by atoms with Crippen molar-refractivity contribution in [2.45, 2.75) is 19.8 Å². The van der Waals surface area contributed by atoms with Gasteiger partial charge in [0, 0.05) is 29.3 Å². The Morgan fingerprint density at radius 2 is 1.95 bits per heavy atom. The van der Waals surface area contributed by atoms with Gasteiger partial charge in [-0.25, -0.2) is 4.79 Å². The summed E-state index contributed by atoms with van der Waals surface area (Å²) in [6, 6.07) is 5.55. The van der Waals surface area contributed by atoms with E-state index in [1.165, 1.54) is 10.8 Å². The van der Waals surface area contributed by atoms with Crippen LogP contribution in [0.25, 0.3) is 10.9 Å². The summed E-state index contributed by atoms with van der Waals surface area (Å²) in [7, 11) is 0. The monoisotopic (exact) mass is 285 g/mol. The summed E-state index contributed by atoms with van der Waals surface area (Å²) in [6.07, 6.45) is 3.86. The maximum Gasteiger partial charge on any atom is 0.328 e. The molecule has 0 atom stereocenters. The SMILES string of the molecule is CC(C)c1ccc2c(c1)c(C=O)cn2C(=O)/C=C/C(=O)O. The molecule has 0 fully saturated rings. The van der Waals surface area contributed by atoms with Crippen LogP contribution < -0.4 is 0 Å². The first kappa shape index (κ1) is 14.7. The highest BCUT2D eigenvalue weighted by molar-refractivity contribution is 6.06. The molecule has 0 bridgehead atoms. The lowest BCUT2D eigenvalue weighted by atomic mass is 10.0. The molecule has 1 N–H and O–H groups in total. The van der Waals surface area contributed by atoms with E-state index in [9.17, 15) is 14.4 Å². The predicted octanol–water partition coefficient (Wildman–Crippen LogP) is 2.86. The number of carboxylic acids is 1. The molecule has 5 nitrogen and oxygen atoms in total. The highest BCUT2D eigenvalue weighted by Gasteiger charge is 2.13. The number of aliphatic carboxylic acids is 1. The zero-order valence-electron chi connectivity index (χ0n) is 11.7. The van der Waals surface area contributed by atoms with Crippen LogP contribution in [0.1, 0.15) is 40.5 Å². The number of hydrogen-bond acceptors (Lipinski definition) is 3. The summed E-state index contributed by atoms with van der Waals surface area (Å²) < 4.78 is 1.28. The van der Waals surface area contributed by atoms with E-state index in [1.54, 1.807) is 6.07 Å². The number of carbonyl (C=O) groups excluding carboxylic acids is 2. The molecule has 5 heteroatoms. The average Bonchev–Trinajstić information content (AvgIpc) is 2.82. The van der Waals surface area contributed by atoms with Crippen LogP contribution in [0, 0.1) is 0 Å². The Kier molecular flexibility index (Phi) is 4.03. The van der Waals surface area contributed by atoms with Gasteiger partial charge in [0.05, 0.1) is 5.52 Å². The van der Waals surface area contributed by atoms with E-state index in [0.717, 1.165) is 17.7 Å². The standard InChI is InChI=1S/C16H15NO4/c1-10(2)11-3-4-14-13(7-11)12(9-18)8-17(14)15(19)5-6-16(20)21/h3-10H,1-2H3,(H,20,21)/b6-5+. The smallest absolute Gasteiger partial charge is 0.328 e. The van der Waals surface area contributed by atoms with Crippen molar-refractivity contribution in [1.82, 2.24) is 4.57 Å². The van der Waals surface area contributed by atoms with Gasteiger partial charge in [-0.05, 0) is 23.6 Å². The largest absolute Gasteiger partial charge is 0.478 e. The second-order valence-electron chi connectivity index (χ2n) is 5.01. The van der Waals surface area contributed by atoms with Crippen LogP contribution in [0.3, 0.4) is 0 Å². The fourth-order valence-electron chi connectivity index (χ4n) is 2.13. The zero-order valence-corrected chi connectivity index (χ0v) is 11.7. The number of aldehydes is 1. The second-order valence-corrected chi connectivity index (χ2v) is 5.01. The summed E-state index contributed by atoms with van der Waals surface area (Å²) in [5.74, 6) is -1.40. The third-order valence-electron chi connectivity index (χ3n) is 3.26. The van der Waals surface area contributed by atoms with Crippen LogP contribution in [0.4, 0.5) is 0 Å². The first-order chi connectivity index (χ1) is 9.93. The molecule has 0 radical (unpaired) electrons. The Bertz CT molecular complexity index is 753. The van der Waals surface area contributed by atoms with Crippen molar-refractivity contribution in [3.05, 3.63) is 47.7 Å². The lowest BCUT2D eigenvalue weighted by Crippen LogP contribution is -2.06. The van der Waals surface area contributed by atoms with Gasteiger partial charge in [0.1, 0.15) is 0 Å². The molecule has 21 heavy (non-hydrogen) atoms. The number of aromatic nitrogens is 1. The van der Waals surface area contributed by atoms with Crippen molar-refractivity contribution in [2.75, 3.05) is 0 Å². The molecule has 1 aromatic carbocycles. The van der Waals surface area contributed by atoms with Crippen LogP contribution in [-0.2, 0) is 4.79 Å². The first-order valence-electron chi connectivity index (χ1n) is 6.49. The minimum atomic E-state index is -1.20. The molecule has 2 rings (SSSR count). The summed E-state index contributed by atoms with van der Waals surface area (Å²) in [5, 5.41) is 9.26. The molecular weight excluding hydrogens is 270 g/mol. The van der Waals surface area contributed by atoms with Gasteiger partial charge in [-0.15, -0.1) is 0 Å². The van der Waals surface area contributed by atoms with Crippen molar-refractivity contribution >= 4 is 29.1 Å². The van der Waals surface area contributed by atoms with E-state index in [-0.39, 0.29) is 0 Å². The van der Waals surface area contributed by atoms with Gasteiger partial charge in [-0.2, -0.15) is 0 Å². The number of fused-ring (bicyclic) bond motifs is 1. The van der Waals surface area contributed by atoms with Crippen molar-refractivity contribution in [2.24, 2.45) is 0 Å².